The molecule has 0 saturated carbocycles. The molecule has 29 heavy (non-hydrogen) atoms. The van der Waals surface area contributed by atoms with Crippen molar-refractivity contribution in [2.24, 2.45) is 0 Å². The maximum Gasteiger partial charge on any atom is 0.275 e. The molecule has 4 rings (SSSR count). The number of aromatic nitrogens is 4. The molecule has 2 unspecified atom stereocenters. The van der Waals surface area contributed by atoms with Crippen LogP contribution < -0.4 is 5.43 Å². The van der Waals surface area contributed by atoms with Crippen molar-refractivity contribution in [1.29, 1.82) is 0 Å². The monoisotopic (exact) mass is 389 g/mol. The zero-order valence-electron chi connectivity index (χ0n) is 16.0. The minimum Gasteiger partial charge on any atom is -0.502 e. The van der Waals surface area contributed by atoms with Crippen LogP contribution in [0.1, 0.15) is 40.8 Å². The highest BCUT2D eigenvalue weighted by molar-refractivity contribution is 5.95. The van der Waals surface area contributed by atoms with Crippen LogP contribution in [0.5, 0.6) is 5.75 Å². The molecule has 2 aromatic heterocycles. The summed E-state index contributed by atoms with van der Waals surface area (Å²) in [5.74, 6) is 4.74. The molecule has 3 aromatic rings. The fourth-order valence-corrected chi connectivity index (χ4v) is 3.69. The van der Waals surface area contributed by atoms with E-state index < -0.39 is 17.1 Å². The Morgan fingerprint density at radius 3 is 2.72 bits per heavy atom. The lowest BCUT2D eigenvalue weighted by molar-refractivity contribution is 0.0671. The highest BCUT2D eigenvalue weighted by atomic mass is 16.3. The van der Waals surface area contributed by atoms with E-state index in [2.05, 4.69) is 21.9 Å². The third-order valence-corrected chi connectivity index (χ3v) is 4.99. The zero-order valence-corrected chi connectivity index (χ0v) is 16.0. The summed E-state index contributed by atoms with van der Waals surface area (Å²) in [7, 11) is 1.64. The lowest BCUT2D eigenvalue weighted by atomic mass is 9.96. The van der Waals surface area contributed by atoms with Crippen LogP contribution in [0.15, 0.2) is 53.8 Å². The highest BCUT2D eigenvalue weighted by Gasteiger charge is 2.38. The van der Waals surface area contributed by atoms with Crippen LogP contribution in [0, 0.1) is 11.8 Å². The quantitative estimate of drug-likeness (QED) is 0.684. The Labute approximate surface area is 167 Å². The molecule has 8 heteroatoms. The van der Waals surface area contributed by atoms with E-state index in [1.165, 1.54) is 9.58 Å². The van der Waals surface area contributed by atoms with Crippen molar-refractivity contribution in [1.82, 2.24) is 24.2 Å². The number of aromatic hydroxyl groups is 1. The van der Waals surface area contributed by atoms with E-state index in [0.717, 1.165) is 11.8 Å². The summed E-state index contributed by atoms with van der Waals surface area (Å²) in [5, 5.41) is 14.5. The average molecular weight is 389 g/mol. The first-order chi connectivity index (χ1) is 14.0. The largest absolute Gasteiger partial charge is 0.502 e. The van der Waals surface area contributed by atoms with Crippen molar-refractivity contribution < 1.29 is 9.90 Å². The van der Waals surface area contributed by atoms with Gasteiger partial charge in [0.05, 0.1) is 24.6 Å². The number of amides is 1. The number of imidazole rings is 1. The minimum absolute atomic E-state index is 0.106. The van der Waals surface area contributed by atoms with Gasteiger partial charge in [0.2, 0.25) is 5.43 Å². The molecule has 2 atom stereocenters. The Bertz CT molecular complexity index is 1190. The molecule has 0 saturated heterocycles. The second-order valence-electron chi connectivity index (χ2n) is 6.84. The summed E-state index contributed by atoms with van der Waals surface area (Å²) in [5.41, 5.74) is 0.813. The van der Waals surface area contributed by atoms with E-state index >= 15 is 0 Å². The van der Waals surface area contributed by atoms with E-state index in [1.807, 2.05) is 41.1 Å². The normalized spacial score (nSPS) is 16.7. The number of hydrogen-bond acceptors (Lipinski definition) is 5. The predicted molar refractivity (Wildman–Crippen MR) is 106 cm³/mol. The van der Waals surface area contributed by atoms with Crippen LogP contribution >= 0.6 is 0 Å². The van der Waals surface area contributed by atoms with Crippen LogP contribution in [0.3, 0.4) is 0 Å². The number of hydrogen-bond donors (Lipinski definition) is 1. The van der Waals surface area contributed by atoms with Gasteiger partial charge in [-0.2, -0.15) is 5.10 Å². The van der Waals surface area contributed by atoms with E-state index in [1.54, 1.807) is 20.3 Å². The zero-order chi connectivity index (χ0) is 20.5. The molecule has 1 N–H and O–H groups in total. The Hall–Kier alpha value is -3.86. The first kappa shape index (κ1) is 18.5. The third kappa shape index (κ3) is 3.17. The molecule has 1 aromatic carbocycles. The number of likely N-dealkylation sites (N-methyl/N-ethyl adjacent to an activating group) is 1. The summed E-state index contributed by atoms with van der Waals surface area (Å²) >= 11 is 0. The standard InChI is InChI=1S/C21H19N5O3/c1-3-7-15-11-25(13-22-15)18(14-8-5-4-6-9-14)16-12-24(2)21(29)19-20(28)17(27)10-23-26(16)19/h4-6,8-11,13,16,18,28H,12H2,1-2H3. The van der Waals surface area contributed by atoms with Crippen molar-refractivity contribution in [2.45, 2.75) is 19.0 Å². The molecular weight excluding hydrogens is 370 g/mol. The summed E-state index contributed by atoms with van der Waals surface area (Å²) in [6.45, 7) is 2.09. The van der Waals surface area contributed by atoms with Crippen LogP contribution in [0.25, 0.3) is 0 Å². The maximum atomic E-state index is 12.6. The van der Waals surface area contributed by atoms with Crippen LogP contribution in [0.2, 0.25) is 0 Å². The molecule has 1 aliphatic rings. The summed E-state index contributed by atoms with van der Waals surface area (Å²) < 4.78 is 3.37. The number of benzene rings is 1. The first-order valence-electron chi connectivity index (χ1n) is 9.08. The van der Waals surface area contributed by atoms with Gasteiger partial charge in [-0.05, 0) is 18.4 Å². The highest BCUT2D eigenvalue weighted by Crippen LogP contribution is 2.35. The molecule has 1 aliphatic heterocycles. The second-order valence-corrected chi connectivity index (χ2v) is 6.84. The van der Waals surface area contributed by atoms with E-state index in [0.29, 0.717) is 12.2 Å². The van der Waals surface area contributed by atoms with Gasteiger partial charge in [0, 0.05) is 19.8 Å². The van der Waals surface area contributed by atoms with Crippen molar-refractivity contribution in [2.75, 3.05) is 13.6 Å². The number of nitrogens with zero attached hydrogens (tertiary/aromatic N) is 5. The number of carbonyl (C=O) groups is 1. The smallest absolute Gasteiger partial charge is 0.275 e. The third-order valence-electron chi connectivity index (χ3n) is 4.99. The molecular formula is C21H19N5O3. The molecule has 1 amide bonds. The fourth-order valence-electron chi connectivity index (χ4n) is 3.69. The Kier molecular flexibility index (Phi) is 4.64. The Balaban J connectivity index is 1.92. The second kappa shape index (κ2) is 7.28. The molecule has 3 heterocycles. The van der Waals surface area contributed by atoms with Gasteiger partial charge in [-0.3, -0.25) is 9.59 Å². The summed E-state index contributed by atoms with van der Waals surface area (Å²) in [6.07, 6.45) is 4.57. The molecule has 0 bridgehead atoms. The molecule has 0 radical (unpaired) electrons. The Morgan fingerprint density at radius 1 is 1.24 bits per heavy atom. The van der Waals surface area contributed by atoms with Gasteiger partial charge in [-0.15, -0.1) is 0 Å². The summed E-state index contributed by atoms with van der Waals surface area (Å²) in [4.78, 5) is 30.4. The number of rotatable bonds is 3. The van der Waals surface area contributed by atoms with Gasteiger partial charge in [0.1, 0.15) is 5.69 Å². The number of carbonyl (C=O) groups excluding carboxylic acids is 1. The van der Waals surface area contributed by atoms with Crippen LogP contribution in [0.4, 0.5) is 0 Å². The molecule has 0 spiro atoms. The molecule has 0 aliphatic carbocycles. The van der Waals surface area contributed by atoms with Crippen molar-refractivity contribution in [3.63, 3.8) is 0 Å². The van der Waals surface area contributed by atoms with Gasteiger partial charge >= 0.3 is 0 Å². The van der Waals surface area contributed by atoms with E-state index in [9.17, 15) is 14.7 Å². The van der Waals surface area contributed by atoms with Gasteiger partial charge in [-0.25, -0.2) is 9.67 Å². The van der Waals surface area contributed by atoms with Gasteiger partial charge in [0.15, 0.2) is 11.4 Å². The van der Waals surface area contributed by atoms with E-state index in [-0.39, 0.29) is 17.8 Å². The summed E-state index contributed by atoms with van der Waals surface area (Å²) in [6, 6.07) is 9.08. The van der Waals surface area contributed by atoms with Gasteiger partial charge in [0.25, 0.3) is 5.91 Å². The SMILES string of the molecule is CC#Cc1cn(C(c2ccccc2)C2CN(C)C(=O)c3c(O)c(=O)cnn32)cn1. The van der Waals surface area contributed by atoms with Gasteiger partial charge in [-0.1, -0.05) is 36.3 Å². The fraction of sp³-hybridized carbons (Fsp3) is 0.238. The predicted octanol–water partition coefficient (Wildman–Crippen LogP) is 1.43. The van der Waals surface area contributed by atoms with Gasteiger partial charge < -0.3 is 14.6 Å². The van der Waals surface area contributed by atoms with Crippen LogP contribution in [-0.4, -0.2) is 48.8 Å². The van der Waals surface area contributed by atoms with Crippen LogP contribution in [-0.2, 0) is 0 Å². The number of fused-ring (bicyclic) bond motifs is 1. The van der Waals surface area contributed by atoms with Crippen molar-refractivity contribution in [3.05, 3.63) is 76.2 Å². The Morgan fingerprint density at radius 2 is 2.00 bits per heavy atom. The van der Waals surface area contributed by atoms with Crippen molar-refractivity contribution >= 4 is 5.91 Å². The van der Waals surface area contributed by atoms with Crippen molar-refractivity contribution in [3.8, 4) is 17.6 Å². The molecule has 8 nitrogen and oxygen atoms in total. The lowest BCUT2D eigenvalue weighted by Gasteiger charge is -2.37. The lowest BCUT2D eigenvalue weighted by Crippen LogP contribution is -2.46. The van der Waals surface area contributed by atoms with E-state index in [4.69, 9.17) is 0 Å². The average Bonchev–Trinajstić information content (AvgIpc) is 3.17. The first-order valence-corrected chi connectivity index (χ1v) is 9.08. The molecule has 0 fully saturated rings. The molecule has 146 valence electrons. The topological polar surface area (TPSA) is 93.3 Å². The minimum atomic E-state index is -0.682. The maximum absolute atomic E-state index is 12.6.